The van der Waals surface area contributed by atoms with Crippen LogP contribution in [0.1, 0.15) is 13.3 Å². The molecule has 2 aromatic carbocycles. The summed E-state index contributed by atoms with van der Waals surface area (Å²) in [6, 6.07) is 14.0. The van der Waals surface area contributed by atoms with Gasteiger partial charge in [0.2, 0.25) is 5.91 Å². The van der Waals surface area contributed by atoms with Gasteiger partial charge in [0.05, 0.1) is 17.5 Å². The number of halogens is 1. The Hall–Kier alpha value is -2.53. The standard InChI is InChI=1S/C19H18ClNO4/c1-2-24-15-9-7-14(8-10-15)21-12-13(11-18(21)22)19(23)25-17-6-4-3-5-16(17)20/h3-10,13H,2,11-12H2,1H3/t13-/m0/s1. The number of hydrogen-bond donors (Lipinski definition) is 0. The number of carbonyl (C=O) groups excluding carboxylic acids is 2. The summed E-state index contributed by atoms with van der Waals surface area (Å²) < 4.78 is 10.7. The highest BCUT2D eigenvalue weighted by atomic mass is 35.5. The Morgan fingerprint density at radius 2 is 1.92 bits per heavy atom. The molecule has 0 saturated carbocycles. The minimum atomic E-state index is -0.518. The first-order valence-corrected chi connectivity index (χ1v) is 8.45. The maximum atomic E-state index is 12.3. The van der Waals surface area contributed by atoms with Crippen molar-refractivity contribution in [2.75, 3.05) is 18.1 Å². The molecular formula is C19H18ClNO4. The number of nitrogens with zero attached hydrogens (tertiary/aromatic N) is 1. The van der Waals surface area contributed by atoms with Crippen LogP contribution in [-0.2, 0) is 9.59 Å². The van der Waals surface area contributed by atoms with E-state index in [1.165, 1.54) is 0 Å². The molecule has 0 radical (unpaired) electrons. The van der Waals surface area contributed by atoms with Crippen molar-refractivity contribution in [2.24, 2.45) is 5.92 Å². The van der Waals surface area contributed by atoms with Crippen molar-refractivity contribution in [3.8, 4) is 11.5 Å². The fourth-order valence-electron chi connectivity index (χ4n) is 2.72. The average Bonchev–Trinajstić information content (AvgIpc) is 3.00. The molecule has 1 heterocycles. The third-order valence-corrected chi connectivity index (χ3v) is 4.28. The molecule has 25 heavy (non-hydrogen) atoms. The highest BCUT2D eigenvalue weighted by Crippen LogP contribution is 2.29. The second-order valence-corrected chi connectivity index (χ2v) is 6.09. The highest BCUT2D eigenvalue weighted by molar-refractivity contribution is 6.32. The van der Waals surface area contributed by atoms with Crippen molar-refractivity contribution < 1.29 is 19.1 Å². The molecule has 0 N–H and O–H groups in total. The summed E-state index contributed by atoms with van der Waals surface area (Å²) in [6.45, 7) is 2.78. The van der Waals surface area contributed by atoms with E-state index in [1.54, 1.807) is 29.2 Å². The van der Waals surface area contributed by atoms with Crippen LogP contribution < -0.4 is 14.4 Å². The summed E-state index contributed by atoms with van der Waals surface area (Å²) in [7, 11) is 0. The number of anilines is 1. The molecule has 1 saturated heterocycles. The monoisotopic (exact) mass is 359 g/mol. The number of rotatable bonds is 5. The molecule has 1 amide bonds. The third kappa shape index (κ3) is 3.94. The second-order valence-electron chi connectivity index (χ2n) is 5.68. The number of carbonyl (C=O) groups is 2. The van der Waals surface area contributed by atoms with E-state index in [-0.39, 0.29) is 18.9 Å². The molecule has 5 nitrogen and oxygen atoms in total. The lowest BCUT2D eigenvalue weighted by atomic mass is 10.1. The normalized spacial score (nSPS) is 16.8. The lowest BCUT2D eigenvalue weighted by molar-refractivity contribution is -0.139. The van der Waals surface area contributed by atoms with Gasteiger partial charge in [-0.1, -0.05) is 23.7 Å². The van der Waals surface area contributed by atoms with Crippen LogP contribution in [0.2, 0.25) is 5.02 Å². The largest absolute Gasteiger partial charge is 0.494 e. The van der Waals surface area contributed by atoms with E-state index in [4.69, 9.17) is 21.1 Å². The Labute approximate surface area is 151 Å². The topological polar surface area (TPSA) is 55.8 Å². The van der Waals surface area contributed by atoms with Gasteiger partial charge in [0.1, 0.15) is 11.5 Å². The summed E-state index contributed by atoms with van der Waals surface area (Å²) in [4.78, 5) is 26.2. The quantitative estimate of drug-likeness (QED) is 0.603. The van der Waals surface area contributed by atoms with Crippen molar-refractivity contribution in [3.05, 3.63) is 53.6 Å². The molecule has 1 aliphatic rings. The zero-order valence-corrected chi connectivity index (χ0v) is 14.5. The fourth-order valence-corrected chi connectivity index (χ4v) is 2.90. The van der Waals surface area contributed by atoms with Crippen molar-refractivity contribution in [3.63, 3.8) is 0 Å². The van der Waals surface area contributed by atoms with Crippen molar-refractivity contribution >= 4 is 29.2 Å². The number of benzene rings is 2. The minimum Gasteiger partial charge on any atom is -0.494 e. The number of amides is 1. The van der Waals surface area contributed by atoms with E-state index < -0.39 is 11.9 Å². The van der Waals surface area contributed by atoms with Crippen LogP contribution in [0.15, 0.2) is 48.5 Å². The van der Waals surface area contributed by atoms with E-state index in [2.05, 4.69) is 0 Å². The van der Waals surface area contributed by atoms with Gasteiger partial charge in [-0.15, -0.1) is 0 Å². The van der Waals surface area contributed by atoms with Gasteiger partial charge in [-0.2, -0.15) is 0 Å². The lowest BCUT2D eigenvalue weighted by Gasteiger charge is -2.17. The van der Waals surface area contributed by atoms with Gasteiger partial charge in [-0.05, 0) is 43.3 Å². The molecule has 2 aromatic rings. The average molecular weight is 360 g/mol. The SMILES string of the molecule is CCOc1ccc(N2C[C@@H](C(=O)Oc3ccccc3Cl)CC2=O)cc1. The first kappa shape index (κ1) is 17.3. The summed E-state index contributed by atoms with van der Waals surface area (Å²) >= 11 is 6.00. The summed E-state index contributed by atoms with van der Waals surface area (Å²) in [5.74, 6) is -0.0239. The molecular weight excluding hydrogens is 342 g/mol. The van der Waals surface area contributed by atoms with Crippen LogP contribution in [0.3, 0.4) is 0 Å². The van der Waals surface area contributed by atoms with E-state index >= 15 is 0 Å². The number of hydrogen-bond acceptors (Lipinski definition) is 4. The van der Waals surface area contributed by atoms with Crippen molar-refractivity contribution in [1.82, 2.24) is 0 Å². The number of esters is 1. The summed E-state index contributed by atoms with van der Waals surface area (Å²) in [6.07, 6.45) is 0.122. The van der Waals surface area contributed by atoms with Gasteiger partial charge in [0.25, 0.3) is 0 Å². The molecule has 6 heteroatoms. The Morgan fingerprint density at radius 3 is 2.60 bits per heavy atom. The molecule has 0 aromatic heterocycles. The predicted molar refractivity (Wildman–Crippen MR) is 95.2 cm³/mol. The zero-order chi connectivity index (χ0) is 17.8. The van der Waals surface area contributed by atoms with E-state index in [0.717, 1.165) is 11.4 Å². The number of ether oxygens (including phenoxy) is 2. The van der Waals surface area contributed by atoms with Gasteiger partial charge < -0.3 is 14.4 Å². The van der Waals surface area contributed by atoms with Gasteiger partial charge in [0.15, 0.2) is 0 Å². The van der Waals surface area contributed by atoms with E-state index in [9.17, 15) is 9.59 Å². The predicted octanol–water partition coefficient (Wildman–Crippen LogP) is 3.70. The van der Waals surface area contributed by atoms with E-state index in [1.807, 2.05) is 31.2 Å². The van der Waals surface area contributed by atoms with Gasteiger partial charge in [-0.3, -0.25) is 9.59 Å². The highest BCUT2D eigenvalue weighted by Gasteiger charge is 2.36. The Morgan fingerprint density at radius 1 is 1.20 bits per heavy atom. The van der Waals surface area contributed by atoms with Crippen LogP contribution in [0.25, 0.3) is 0 Å². The van der Waals surface area contributed by atoms with Gasteiger partial charge >= 0.3 is 5.97 Å². The Kier molecular flexibility index (Phi) is 5.24. The molecule has 0 aliphatic carbocycles. The lowest BCUT2D eigenvalue weighted by Crippen LogP contribution is -2.27. The molecule has 3 rings (SSSR count). The molecule has 0 unspecified atom stereocenters. The summed E-state index contributed by atoms with van der Waals surface area (Å²) in [5.41, 5.74) is 0.737. The second kappa shape index (κ2) is 7.57. The molecule has 130 valence electrons. The molecule has 1 aliphatic heterocycles. The molecule has 1 atom stereocenters. The molecule has 1 fully saturated rings. The van der Waals surface area contributed by atoms with Crippen LogP contribution >= 0.6 is 11.6 Å². The Bertz CT molecular complexity index is 775. The molecule has 0 bridgehead atoms. The van der Waals surface area contributed by atoms with Crippen molar-refractivity contribution in [1.29, 1.82) is 0 Å². The summed E-state index contributed by atoms with van der Waals surface area (Å²) in [5, 5.41) is 0.364. The fraction of sp³-hybridized carbons (Fsp3) is 0.263. The Balaban J connectivity index is 1.67. The minimum absolute atomic E-state index is 0.106. The van der Waals surface area contributed by atoms with Crippen LogP contribution in [0, 0.1) is 5.92 Å². The number of para-hydroxylation sites is 1. The smallest absolute Gasteiger partial charge is 0.316 e. The van der Waals surface area contributed by atoms with E-state index in [0.29, 0.717) is 17.4 Å². The maximum Gasteiger partial charge on any atom is 0.316 e. The third-order valence-electron chi connectivity index (χ3n) is 3.96. The van der Waals surface area contributed by atoms with Crippen LogP contribution in [0.5, 0.6) is 11.5 Å². The first-order chi connectivity index (χ1) is 12.1. The van der Waals surface area contributed by atoms with Gasteiger partial charge in [0, 0.05) is 18.7 Å². The van der Waals surface area contributed by atoms with Crippen molar-refractivity contribution in [2.45, 2.75) is 13.3 Å². The van der Waals surface area contributed by atoms with Crippen LogP contribution in [0.4, 0.5) is 5.69 Å². The molecule has 0 spiro atoms. The maximum absolute atomic E-state index is 12.3. The van der Waals surface area contributed by atoms with Crippen LogP contribution in [-0.4, -0.2) is 25.0 Å². The first-order valence-electron chi connectivity index (χ1n) is 8.08. The zero-order valence-electron chi connectivity index (χ0n) is 13.8. The van der Waals surface area contributed by atoms with Gasteiger partial charge in [-0.25, -0.2) is 0 Å².